The molecule has 29 heavy (non-hydrogen) atoms. The van der Waals surface area contributed by atoms with E-state index in [0.717, 1.165) is 5.56 Å². The van der Waals surface area contributed by atoms with E-state index in [1.165, 1.54) is 34.8 Å². The highest BCUT2D eigenvalue weighted by atomic mass is 35.5. The average Bonchev–Trinajstić information content (AvgIpc) is 3.20. The molecule has 0 bridgehead atoms. The molecule has 1 amide bonds. The first-order valence-electron chi connectivity index (χ1n) is 9.25. The predicted octanol–water partition coefficient (Wildman–Crippen LogP) is 3.04. The van der Waals surface area contributed by atoms with Crippen LogP contribution in [0.1, 0.15) is 25.3 Å². The summed E-state index contributed by atoms with van der Waals surface area (Å²) in [6.07, 6.45) is 2.53. The molecule has 1 atom stereocenters. The van der Waals surface area contributed by atoms with Crippen molar-refractivity contribution in [1.82, 2.24) is 9.73 Å². The number of hydrogen-bond acceptors (Lipinski definition) is 5. The molecule has 0 aliphatic carbocycles. The number of hydrogen-bond donors (Lipinski definition) is 1. The minimum atomic E-state index is -3.79. The summed E-state index contributed by atoms with van der Waals surface area (Å²) in [5.41, 5.74) is 3.21. The van der Waals surface area contributed by atoms with Gasteiger partial charge in [0.1, 0.15) is 11.8 Å². The molecule has 9 heteroatoms. The molecule has 1 aliphatic rings. The lowest BCUT2D eigenvalue weighted by atomic mass is 10.2. The van der Waals surface area contributed by atoms with Crippen LogP contribution in [0, 0.1) is 0 Å². The molecule has 3 rings (SSSR count). The third-order valence-corrected chi connectivity index (χ3v) is 6.66. The Morgan fingerprint density at radius 2 is 2.07 bits per heavy atom. The summed E-state index contributed by atoms with van der Waals surface area (Å²) in [5.74, 6) is 0.246. The maximum Gasteiger partial charge on any atom is 0.258 e. The molecular weight excluding hydrogens is 414 g/mol. The summed E-state index contributed by atoms with van der Waals surface area (Å²) >= 11 is 5.84. The molecule has 1 heterocycles. The molecular formula is C20H22ClN3O4S. The zero-order valence-electron chi connectivity index (χ0n) is 15.9. The van der Waals surface area contributed by atoms with Crippen molar-refractivity contribution in [3.8, 4) is 5.75 Å². The van der Waals surface area contributed by atoms with Crippen molar-refractivity contribution >= 4 is 33.7 Å². The number of sulfonamides is 1. The number of rotatable bonds is 7. The predicted molar refractivity (Wildman–Crippen MR) is 112 cm³/mol. The fraction of sp³-hybridized carbons (Fsp3) is 0.300. The van der Waals surface area contributed by atoms with Crippen LogP contribution in [0.25, 0.3) is 0 Å². The fourth-order valence-electron chi connectivity index (χ4n) is 3.13. The van der Waals surface area contributed by atoms with Gasteiger partial charge < -0.3 is 4.74 Å². The number of carbonyl (C=O) groups excluding carboxylic acids is 1. The standard InChI is InChI=1S/C20H22ClN3O4S/c1-2-28-17-6-3-5-15(13-17)14-22-23-20(25)19-7-4-12-24(19)29(26,27)18-10-8-16(21)9-11-18/h3,5-6,8-11,13-14,19H,2,4,7,12H2,1H3,(H,23,25)/b22-14-/t19-/m1/s1. The van der Waals surface area contributed by atoms with Gasteiger partial charge in [-0.3, -0.25) is 4.79 Å². The number of amides is 1. The summed E-state index contributed by atoms with van der Waals surface area (Å²) in [4.78, 5) is 12.7. The van der Waals surface area contributed by atoms with Gasteiger partial charge in [-0.2, -0.15) is 9.41 Å². The van der Waals surface area contributed by atoms with Crippen LogP contribution < -0.4 is 10.2 Å². The number of carbonyl (C=O) groups is 1. The highest BCUT2D eigenvalue weighted by Crippen LogP contribution is 2.27. The van der Waals surface area contributed by atoms with Crippen molar-refractivity contribution in [3.05, 3.63) is 59.1 Å². The molecule has 1 saturated heterocycles. The number of ether oxygens (including phenoxy) is 1. The van der Waals surface area contributed by atoms with E-state index < -0.39 is 22.0 Å². The van der Waals surface area contributed by atoms with E-state index in [9.17, 15) is 13.2 Å². The lowest BCUT2D eigenvalue weighted by molar-refractivity contribution is -0.124. The number of nitrogens with zero attached hydrogens (tertiary/aromatic N) is 2. The first kappa shape index (κ1) is 21.3. The van der Waals surface area contributed by atoms with E-state index in [1.807, 2.05) is 25.1 Å². The third kappa shape index (κ3) is 5.14. The second kappa shape index (κ2) is 9.39. The molecule has 154 valence electrons. The first-order valence-corrected chi connectivity index (χ1v) is 11.1. The molecule has 2 aromatic rings. The smallest absolute Gasteiger partial charge is 0.258 e. The third-order valence-electron chi connectivity index (χ3n) is 4.48. The Hall–Kier alpha value is -2.42. The fourth-order valence-corrected chi connectivity index (χ4v) is 4.91. The summed E-state index contributed by atoms with van der Waals surface area (Å²) in [7, 11) is -3.79. The van der Waals surface area contributed by atoms with Crippen molar-refractivity contribution in [3.63, 3.8) is 0 Å². The van der Waals surface area contributed by atoms with E-state index in [4.69, 9.17) is 16.3 Å². The Balaban J connectivity index is 1.68. The van der Waals surface area contributed by atoms with E-state index in [1.54, 1.807) is 6.07 Å². The molecule has 2 aromatic carbocycles. The molecule has 7 nitrogen and oxygen atoms in total. The summed E-state index contributed by atoms with van der Waals surface area (Å²) < 4.78 is 32.5. The zero-order valence-corrected chi connectivity index (χ0v) is 17.5. The SMILES string of the molecule is CCOc1cccc(/C=N\NC(=O)[C@H]2CCCN2S(=O)(=O)c2ccc(Cl)cc2)c1. The van der Waals surface area contributed by atoms with Crippen LogP contribution in [0.5, 0.6) is 5.75 Å². The minimum Gasteiger partial charge on any atom is -0.494 e. The lowest BCUT2D eigenvalue weighted by Gasteiger charge is -2.22. The lowest BCUT2D eigenvalue weighted by Crippen LogP contribution is -2.44. The van der Waals surface area contributed by atoms with Crippen LogP contribution in [0.15, 0.2) is 58.5 Å². The van der Waals surface area contributed by atoms with Gasteiger partial charge in [-0.05, 0) is 61.7 Å². The monoisotopic (exact) mass is 435 g/mol. The Kier molecular flexibility index (Phi) is 6.89. The van der Waals surface area contributed by atoms with Gasteiger partial charge in [-0.1, -0.05) is 23.7 Å². The maximum atomic E-state index is 12.9. The van der Waals surface area contributed by atoms with Crippen LogP contribution >= 0.6 is 11.6 Å². The average molecular weight is 436 g/mol. The quantitative estimate of drug-likeness (QED) is 0.534. The molecule has 1 N–H and O–H groups in total. The van der Waals surface area contributed by atoms with Crippen molar-refractivity contribution in [2.45, 2.75) is 30.7 Å². The van der Waals surface area contributed by atoms with Gasteiger partial charge in [-0.25, -0.2) is 13.8 Å². The largest absolute Gasteiger partial charge is 0.494 e. The van der Waals surface area contributed by atoms with Crippen LogP contribution in [0.4, 0.5) is 0 Å². The second-order valence-electron chi connectivity index (χ2n) is 6.47. The Labute approximate surface area is 175 Å². The number of nitrogens with one attached hydrogen (secondary N) is 1. The van der Waals surface area contributed by atoms with Gasteiger partial charge in [0.25, 0.3) is 5.91 Å². The highest BCUT2D eigenvalue weighted by molar-refractivity contribution is 7.89. The van der Waals surface area contributed by atoms with Crippen LogP contribution in [0.2, 0.25) is 5.02 Å². The van der Waals surface area contributed by atoms with Gasteiger partial charge in [0.05, 0.1) is 17.7 Å². The molecule has 0 radical (unpaired) electrons. The minimum absolute atomic E-state index is 0.109. The molecule has 0 saturated carbocycles. The normalized spacial score (nSPS) is 17.5. The van der Waals surface area contributed by atoms with Crippen molar-refractivity contribution < 1.29 is 17.9 Å². The van der Waals surface area contributed by atoms with E-state index >= 15 is 0 Å². The number of hydrazone groups is 1. The maximum absolute atomic E-state index is 12.9. The van der Waals surface area contributed by atoms with Gasteiger partial charge in [0.15, 0.2) is 0 Å². The molecule has 1 fully saturated rings. The summed E-state index contributed by atoms with van der Waals surface area (Å²) in [5, 5.41) is 4.42. The van der Waals surface area contributed by atoms with E-state index in [0.29, 0.717) is 30.2 Å². The molecule has 1 aliphatic heterocycles. The molecule has 0 unspecified atom stereocenters. The van der Waals surface area contributed by atoms with E-state index in [2.05, 4.69) is 10.5 Å². The molecule has 0 spiro atoms. The Morgan fingerprint density at radius 1 is 1.31 bits per heavy atom. The van der Waals surface area contributed by atoms with Gasteiger partial charge in [0.2, 0.25) is 10.0 Å². The number of benzene rings is 2. The summed E-state index contributed by atoms with van der Waals surface area (Å²) in [6.45, 7) is 2.73. The van der Waals surface area contributed by atoms with Gasteiger partial charge >= 0.3 is 0 Å². The Morgan fingerprint density at radius 3 is 2.79 bits per heavy atom. The van der Waals surface area contributed by atoms with E-state index in [-0.39, 0.29) is 11.4 Å². The van der Waals surface area contributed by atoms with Crippen LogP contribution in [0.3, 0.4) is 0 Å². The van der Waals surface area contributed by atoms with Crippen molar-refractivity contribution in [2.75, 3.05) is 13.2 Å². The molecule has 0 aromatic heterocycles. The van der Waals surface area contributed by atoms with Crippen LogP contribution in [-0.2, 0) is 14.8 Å². The van der Waals surface area contributed by atoms with Gasteiger partial charge in [0, 0.05) is 11.6 Å². The van der Waals surface area contributed by atoms with Crippen LogP contribution in [-0.4, -0.2) is 44.0 Å². The summed E-state index contributed by atoms with van der Waals surface area (Å²) in [6, 6.07) is 12.4. The first-order chi connectivity index (χ1) is 13.9. The topological polar surface area (TPSA) is 88.1 Å². The number of halogens is 1. The highest BCUT2D eigenvalue weighted by Gasteiger charge is 2.39. The van der Waals surface area contributed by atoms with Crippen molar-refractivity contribution in [1.29, 1.82) is 0 Å². The Bertz CT molecular complexity index is 993. The van der Waals surface area contributed by atoms with Gasteiger partial charge in [-0.15, -0.1) is 0 Å². The second-order valence-corrected chi connectivity index (χ2v) is 8.79. The zero-order chi connectivity index (χ0) is 20.9. The van der Waals surface area contributed by atoms with Crippen molar-refractivity contribution in [2.24, 2.45) is 5.10 Å².